The highest BCUT2D eigenvalue weighted by Crippen LogP contribution is 2.27. The standard InChI is InChI=1S/C15H13ClF2O/c1-9-5-6-11(13(18)7-9)14(19)8-10-3-2-4-12(17)15(10)16/h2-7,14,19H,8H2,1H3. The third kappa shape index (κ3) is 3.11. The van der Waals surface area contributed by atoms with Gasteiger partial charge in [-0.05, 0) is 30.2 Å². The molecule has 0 radical (unpaired) electrons. The van der Waals surface area contributed by atoms with Crippen LogP contribution >= 0.6 is 11.6 Å². The van der Waals surface area contributed by atoms with Gasteiger partial charge in [0, 0.05) is 12.0 Å². The van der Waals surface area contributed by atoms with E-state index in [1.807, 2.05) is 0 Å². The van der Waals surface area contributed by atoms with Gasteiger partial charge >= 0.3 is 0 Å². The number of aliphatic hydroxyl groups excluding tert-OH is 1. The summed E-state index contributed by atoms with van der Waals surface area (Å²) in [6, 6.07) is 8.96. The lowest BCUT2D eigenvalue weighted by Gasteiger charge is -2.13. The van der Waals surface area contributed by atoms with Crippen LogP contribution in [0.4, 0.5) is 8.78 Å². The maximum atomic E-state index is 13.7. The van der Waals surface area contributed by atoms with E-state index in [2.05, 4.69) is 0 Å². The molecule has 0 bridgehead atoms. The Morgan fingerprint density at radius 3 is 2.58 bits per heavy atom. The molecule has 1 atom stereocenters. The first-order valence-corrected chi connectivity index (χ1v) is 6.24. The Kier molecular flexibility index (Phi) is 4.17. The lowest BCUT2D eigenvalue weighted by atomic mass is 10.00. The molecule has 0 saturated heterocycles. The first-order valence-electron chi connectivity index (χ1n) is 5.86. The van der Waals surface area contributed by atoms with Crippen LogP contribution in [0.3, 0.4) is 0 Å². The van der Waals surface area contributed by atoms with Gasteiger partial charge in [-0.2, -0.15) is 0 Å². The molecule has 0 aromatic heterocycles. The Labute approximate surface area is 115 Å². The zero-order chi connectivity index (χ0) is 14.0. The van der Waals surface area contributed by atoms with E-state index in [-0.39, 0.29) is 17.0 Å². The van der Waals surface area contributed by atoms with Crippen LogP contribution in [-0.2, 0) is 6.42 Å². The lowest BCUT2D eigenvalue weighted by molar-refractivity contribution is 0.173. The van der Waals surface area contributed by atoms with Crippen LogP contribution in [0.15, 0.2) is 36.4 Å². The second-order valence-corrected chi connectivity index (χ2v) is 4.84. The maximum Gasteiger partial charge on any atom is 0.142 e. The van der Waals surface area contributed by atoms with Crippen LogP contribution in [0.1, 0.15) is 22.8 Å². The molecule has 1 nitrogen and oxygen atoms in total. The van der Waals surface area contributed by atoms with Gasteiger partial charge < -0.3 is 5.11 Å². The van der Waals surface area contributed by atoms with Gasteiger partial charge in [0.25, 0.3) is 0 Å². The fourth-order valence-corrected chi connectivity index (χ4v) is 2.13. The van der Waals surface area contributed by atoms with E-state index < -0.39 is 17.7 Å². The van der Waals surface area contributed by atoms with Gasteiger partial charge in [0.2, 0.25) is 0 Å². The minimum Gasteiger partial charge on any atom is -0.388 e. The molecule has 100 valence electrons. The molecule has 1 N–H and O–H groups in total. The minimum absolute atomic E-state index is 0.0333. The van der Waals surface area contributed by atoms with E-state index in [0.29, 0.717) is 5.56 Å². The third-order valence-corrected chi connectivity index (χ3v) is 3.38. The molecule has 19 heavy (non-hydrogen) atoms. The van der Waals surface area contributed by atoms with Crippen LogP contribution in [0.2, 0.25) is 5.02 Å². The molecule has 0 saturated carbocycles. The molecule has 0 fully saturated rings. The molecule has 0 aliphatic rings. The number of halogens is 3. The maximum absolute atomic E-state index is 13.7. The lowest BCUT2D eigenvalue weighted by Crippen LogP contribution is -2.05. The zero-order valence-corrected chi connectivity index (χ0v) is 11.1. The largest absolute Gasteiger partial charge is 0.388 e. The fraction of sp³-hybridized carbons (Fsp3) is 0.200. The molecule has 2 aromatic carbocycles. The van der Waals surface area contributed by atoms with Crippen molar-refractivity contribution in [1.29, 1.82) is 0 Å². The average molecular weight is 283 g/mol. The molecule has 2 aromatic rings. The molecule has 0 amide bonds. The van der Waals surface area contributed by atoms with Gasteiger partial charge in [-0.15, -0.1) is 0 Å². The van der Waals surface area contributed by atoms with Gasteiger partial charge in [0.15, 0.2) is 0 Å². The van der Waals surface area contributed by atoms with E-state index >= 15 is 0 Å². The van der Waals surface area contributed by atoms with Gasteiger partial charge in [-0.25, -0.2) is 8.78 Å². The minimum atomic E-state index is -1.06. The van der Waals surface area contributed by atoms with Crippen molar-refractivity contribution in [2.45, 2.75) is 19.4 Å². The van der Waals surface area contributed by atoms with Crippen molar-refractivity contribution < 1.29 is 13.9 Å². The Bertz CT molecular complexity index is 599. The molecule has 0 heterocycles. The van der Waals surface area contributed by atoms with Crippen molar-refractivity contribution in [3.05, 3.63) is 69.7 Å². The molecule has 0 aliphatic heterocycles. The first kappa shape index (κ1) is 14.0. The van der Waals surface area contributed by atoms with E-state index in [1.165, 1.54) is 24.3 Å². The predicted molar refractivity (Wildman–Crippen MR) is 71.2 cm³/mol. The molecular weight excluding hydrogens is 270 g/mol. The Balaban J connectivity index is 2.25. The van der Waals surface area contributed by atoms with Crippen molar-refractivity contribution in [3.8, 4) is 0 Å². The van der Waals surface area contributed by atoms with E-state index in [4.69, 9.17) is 11.6 Å². The number of aryl methyl sites for hydroxylation is 1. The van der Waals surface area contributed by atoms with Crippen molar-refractivity contribution in [1.82, 2.24) is 0 Å². The molecule has 0 aliphatic carbocycles. The van der Waals surface area contributed by atoms with Gasteiger partial charge in [-0.3, -0.25) is 0 Å². The van der Waals surface area contributed by atoms with Crippen molar-refractivity contribution in [3.63, 3.8) is 0 Å². The summed E-state index contributed by atoms with van der Waals surface area (Å²) in [5.41, 5.74) is 1.41. The molecule has 1 unspecified atom stereocenters. The number of hydrogen-bond donors (Lipinski definition) is 1. The number of rotatable bonds is 3. The Morgan fingerprint density at radius 2 is 1.89 bits per heavy atom. The Hall–Kier alpha value is -1.45. The molecule has 2 rings (SSSR count). The summed E-state index contributed by atoms with van der Waals surface area (Å²) < 4.78 is 27.0. The van der Waals surface area contributed by atoms with Crippen LogP contribution in [0.25, 0.3) is 0 Å². The summed E-state index contributed by atoms with van der Waals surface area (Å²) in [5, 5.41) is 10.0. The van der Waals surface area contributed by atoms with Crippen LogP contribution in [0.5, 0.6) is 0 Å². The third-order valence-electron chi connectivity index (χ3n) is 2.96. The summed E-state index contributed by atoms with van der Waals surface area (Å²) in [5.74, 6) is -1.02. The topological polar surface area (TPSA) is 20.2 Å². The normalized spacial score (nSPS) is 12.5. The zero-order valence-electron chi connectivity index (χ0n) is 10.3. The molecule has 0 spiro atoms. The summed E-state index contributed by atoms with van der Waals surface area (Å²) in [6.07, 6.45) is -0.990. The summed E-state index contributed by atoms with van der Waals surface area (Å²) in [6.45, 7) is 1.77. The number of aliphatic hydroxyl groups is 1. The van der Waals surface area contributed by atoms with Crippen LogP contribution in [0, 0.1) is 18.6 Å². The fourth-order valence-electron chi connectivity index (χ4n) is 1.93. The van der Waals surface area contributed by atoms with E-state index in [1.54, 1.807) is 19.1 Å². The van der Waals surface area contributed by atoms with E-state index in [0.717, 1.165) is 5.56 Å². The SMILES string of the molecule is Cc1ccc(C(O)Cc2cccc(F)c2Cl)c(F)c1. The Morgan fingerprint density at radius 1 is 1.16 bits per heavy atom. The van der Waals surface area contributed by atoms with Crippen molar-refractivity contribution in [2.75, 3.05) is 0 Å². The predicted octanol–water partition coefficient (Wildman–Crippen LogP) is 4.20. The highest BCUT2D eigenvalue weighted by atomic mass is 35.5. The summed E-state index contributed by atoms with van der Waals surface area (Å²) >= 11 is 5.81. The summed E-state index contributed by atoms with van der Waals surface area (Å²) in [7, 11) is 0. The van der Waals surface area contributed by atoms with Crippen LogP contribution in [-0.4, -0.2) is 5.11 Å². The smallest absolute Gasteiger partial charge is 0.142 e. The first-order chi connectivity index (χ1) is 8.99. The average Bonchev–Trinajstić information content (AvgIpc) is 2.34. The van der Waals surface area contributed by atoms with E-state index in [9.17, 15) is 13.9 Å². The number of benzene rings is 2. The summed E-state index contributed by atoms with van der Waals surface area (Å²) in [4.78, 5) is 0. The second kappa shape index (κ2) is 5.68. The van der Waals surface area contributed by atoms with Gasteiger partial charge in [-0.1, -0.05) is 35.9 Å². The van der Waals surface area contributed by atoms with Crippen molar-refractivity contribution in [2.24, 2.45) is 0 Å². The van der Waals surface area contributed by atoms with Crippen LogP contribution < -0.4 is 0 Å². The monoisotopic (exact) mass is 282 g/mol. The van der Waals surface area contributed by atoms with Crippen molar-refractivity contribution >= 4 is 11.6 Å². The van der Waals surface area contributed by atoms with Gasteiger partial charge in [0.05, 0.1) is 11.1 Å². The quantitative estimate of drug-likeness (QED) is 0.894. The number of hydrogen-bond acceptors (Lipinski definition) is 1. The molecule has 4 heteroatoms. The second-order valence-electron chi connectivity index (χ2n) is 4.46. The highest BCUT2D eigenvalue weighted by Gasteiger charge is 2.16. The molecular formula is C15H13ClF2O. The highest BCUT2D eigenvalue weighted by molar-refractivity contribution is 6.31. The van der Waals surface area contributed by atoms with Gasteiger partial charge in [0.1, 0.15) is 11.6 Å².